The fourth-order valence-electron chi connectivity index (χ4n) is 2.07. The van der Waals surface area contributed by atoms with Gasteiger partial charge < -0.3 is 10.1 Å². The number of sulfonamides is 1. The second-order valence-corrected chi connectivity index (χ2v) is 6.99. The molecule has 1 aromatic carbocycles. The minimum Gasteiger partial charge on any atom is -0.376 e. The maximum atomic E-state index is 12.1. The highest BCUT2D eigenvalue weighted by Crippen LogP contribution is 2.20. The van der Waals surface area contributed by atoms with E-state index < -0.39 is 15.9 Å². The summed E-state index contributed by atoms with van der Waals surface area (Å²) in [6.07, 6.45) is 1.90. The number of amides is 1. The van der Waals surface area contributed by atoms with Crippen LogP contribution < -0.4 is 10.0 Å². The number of hydrogen-bond acceptors (Lipinski definition) is 4. The Morgan fingerprint density at radius 3 is 2.86 bits per heavy atom. The van der Waals surface area contributed by atoms with E-state index in [9.17, 15) is 13.2 Å². The zero-order valence-electron chi connectivity index (χ0n) is 11.6. The van der Waals surface area contributed by atoms with Crippen LogP contribution in [0.25, 0.3) is 0 Å². The monoisotopic (exact) mass is 332 g/mol. The summed E-state index contributed by atoms with van der Waals surface area (Å²) in [5.74, 6) is -0.413. The quantitative estimate of drug-likeness (QED) is 0.847. The van der Waals surface area contributed by atoms with Gasteiger partial charge in [0.2, 0.25) is 10.0 Å². The number of nitrogens with one attached hydrogen (secondary N) is 2. The van der Waals surface area contributed by atoms with Crippen molar-refractivity contribution in [1.29, 1.82) is 0 Å². The predicted molar refractivity (Wildman–Crippen MR) is 79.0 cm³/mol. The molecule has 1 aromatic rings. The normalized spacial score (nSPS) is 18.7. The van der Waals surface area contributed by atoms with E-state index in [1.165, 1.54) is 25.2 Å². The third kappa shape index (κ3) is 3.94. The van der Waals surface area contributed by atoms with Gasteiger partial charge in [0.1, 0.15) is 0 Å². The maximum Gasteiger partial charge on any atom is 0.252 e. The smallest absolute Gasteiger partial charge is 0.252 e. The standard InChI is InChI=1S/C13H17ClN2O4S/c1-15-21(18,19)10-4-5-12(14)11(7-10)13(17)16-8-9-3-2-6-20-9/h4-5,7,9,15H,2-3,6,8H2,1H3,(H,16,17). The maximum absolute atomic E-state index is 12.1. The first-order valence-electron chi connectivity index (χ1n) is 6.57. The molecular formula is C13H17ClN2O4S. The predicted octanol–water partition coefficient (Wildman–Crippen LogP) is 1.16. The first-order chi connectivity index (χ1) is 9.94. The van der Waals surface area contributed by atoms with E-state index in [-0.39, 0.29) is 21.6 Å². The number of ether oxygens (including phenoxy) is 1. The Bertz CT molecular complexity index is 627. The molecule has 2 N–H and O–H groups in total. The van der Waals surface area contributed by atoms with E-state index in [1.54, 1.807) is 0 Å². The summed E-state index contributed by atoms with van der Waals surface area (Å²) in [6.45, 7) is 1.09. The minimum atomic E-state index is -3.61. The molecule has 2 rings (SSSR count). The van der Waals surface area contributed by atoms with Crippen molar-refractivity contribution in [3.63, 3.8) is 0 Å². The summed E-state index contributed by atoms with van der Waals surface area (Å²) < 4.78 is 31.1. The van der Waals surface area contributed by atoms with Crippen LogP contribution in [-0.4, -0.2) is 40.6 Å². The summed E-state index contributed by atoms with van der Waals surface area (Å²) in [6, 6.07) is 4.01. The van der Waals surface area contributed by atoms with Gasteiger partial charge in [-0.3, -0.25) is 4.79 Å². The zero-order valence-corrected chi connectivity index (χ0v) is 13.1. The summed E-state index contributed by atoms with van der Waals surface area (Å²) in [5, 5.41) is 2.92. The first-order valence-corrected chi connectivity index (χ1v) is 8.43. The average molecular weight is 333 g/mol. The van der Waals surface area contributed by atoms with Gasteiger partial charge in [-0.1, -0.05) is 11.6 Å². The van der Waals surface area contributed by atoms with Gasteiger partial charge in [0.25, 0.3) is 5.91 Å². The average Bonchev–Trinajstić information content (AvgIpc) is 2.98. The topological polar surface area (TPSA) is 84.5 Å². The van der Waals surface area contributed by atoms with Gasteiger partial charge in [-0.05, 0) is 38.1 Å². The van der Waals surface area contributed by atoms with Crippen molar-refractivity contribution in [2.75, 3.05) is 20.2 Å². The van der Waals surface area contributed by atoms with Crippen molar-refractivity contribution < 1.29 is 17.9 Å². The minimum absolute atomic E-state index is 0.00309. The highest BCUT2D eigenvalue weighted by Gasteiger charge is 2.20. The van der Waals surface area contributed by atoms with Gasteiger partial charge >= 0.3 is 0 Å². The summed E-state index contributed by atoms with van der Waals surface area (Å²) in [4.78, 5) is 12.1. The van der Waals surface area contributed by atoms with Crippen LogP contribution in [0.4, 0.5) is 0 Å². The molecule has 6 nitrogen and oxygen atoms in total. The van der Waals surface area contributed by atoms with E-state index in [0.717, 1.165) is 12.8 Å². The number of rotatable bonds is 5. The van der Waals surface area contributed by atoms with Crippen LogP contribution in [0.1, 0.15) is 23.2 Å². The molecule has 0 spiro atoms. The van der Waals surface area contributed by atoms with E-state index in [0.29, 0.717) is 13.2 Å². The summed E-state index contributed by atoms with van der Waals surface area (Å²) in [7, 11) is -2.31. The van der Waals surface area contributed by atoms with Crippen molar-refractivity contribution >= 4 is 27.5 Å². The zero-order chi connectivity index (χ0) is 15.5. The number of carbonyl (C=O) groups is 1. The molecule has 0 aromatic heterocycles. The molecule has 0 aliphatic carbocycles. The van der Waals surface area contributed by atoms with E-state index in [1.807, 2.05) is 0 Å². The molecule has 1 atom stereocenters. The fraction of sp³-hybridized carbons (Fsp3) is 0.462. The third-order valence-electron chi connectivity index (χ3n) is 3.28. The highest BCUT2D eigenvalue weighted by molar-refractivity contribution is 7.89. The number of halogens is 1. The molecule has 1 saturated heterocycles. The molecule has 1 aliphatic rings. The molecule has 0 radical (unpaired) electrons. The lowest BCUT2D eigenvalue weighted by molar-refractivity contribution is 0.0857. The van der Waals surface area contributed by atoms with Crippen molar-refractivity contribution in [3.8, 4) is 0 Å². The van der Waals surface area contributed by atoms with Gasteiger partial charge in [0, 0.05) is 13.2 Å². The molecule has 116 valence electrons. The van der Waals surface area contributed by atoms with Crippen LogP contribution in [0.15, 0.2) is 23.1 Å². The number of carbonyl (C=O) groups excluding carboxylic acids is 1. The Hall–Kier alpha value is -1.15. The lowest BCUT2D eigenvalue weighted by Crippen LogP contribution is -2.32. The molecule has 1 unspecified atom stereocenters. The van der Waals surface area contributed by atoms with Gasteiger partial charge in [-0.15, -0.1) is 0 Å². The molecular weight excluding hydrogens is 316 g/mol. The first kappa shape index (κ1) is 16.2. The molecule has 1 amide bonds. The van der Waals surface area contributed by atoms with Gasteiger partial charge in [0.15, 0.2) is 0 Å². The fourth-order valence-corrected chi connectivity index (χ4v) is 3.03. The van der Waals surface area contributed by atoms with E-state index >= 15 is 0 Å². The molecule has 21 heavy (non-hydrogen) atoms. The second-order valence-electron chi connectivity index (χ2n) is 4.69. The van der Waals surface area contributed by atoms with Crippen molar-refractivity contribution in [1.82, 2.24) is 10.0 Å². The molecule has 8 heteroatoms. The van der Waals surface area contributed by atoms with Crippen molar-refractivity contribution in [3.05, 3.63) is 28.8 Å². The van der Waals surface area contributed by atoms with Crippen LogP contribution in [0.5, 0.6) is 0 Å². The van der Waals surface area contributed by atoms with E-state index in [4.69, 9.17) is 16.3 Å². The van der Waals surface area contributed by atoms with Crippen LogP contribution in [0.3, 0.4) is 0 Å². The summed E-state index contributed by atoms with van der Waals surface area (Å²) in [5.41, 5.74) is 0.131. The Morgan fingerprint density at radius 1 is 1.48 bits per heavy atom. The Kier molecular flexibility index (Phi) is 5.21. The van der Waals surface area contributed by atoms with Crippen molar-refractivity contribution in [2.24, 2.45) is 0 Å². The lowest BCUT2D eigenvalue weighted by Gasteiger charge is -2.12. The molecule has 0 bridgehead atoms. The van der Waals surface area contributed by atoms with Gasteiger partial charge in [-0.2, -0.15) is 0 Å². The SMILES string of the molecule is CNS(=O)(=O)c1ccc(Cl)c(C(=O)NCC2CCCO2)c1. The Labute approximate surface area is 128 Å². The third-order valence-corrected chi connectivity index (χ3v) is 5.02. The lowest BCUT2D eigenvalue weighted by atomic mass is 10.2. The molecule has 1 aliphatic heterocycles. The second kappa shape index (κ2) is 6.74. The van der Waals surface area contributed by atoms with Gasteiger partial charge in [-0.25, -0.2) is 13.1 Å². The Morgan fingerprint density at radius 2 is 2.24 bits per heavy atom. The number of benzene rings is 1. The largest absolute Gasteiger partial charge is 0.376 e. The van der Waals surface area contributed by atoms with Crippen molar-refractivity contribution in [2.45, 2.75) is 23.8 Å². The van der Waals surface area contributed by atoms with Crippen LogP contribution in [0, 0.1) is 0 Å². The number of hydrogen-bond donors (Lipinski definition) is 2. The highest BCUT2D eigenvalue weighted by atomic mass is 35.5. The van der Waals surface area contributed by atoms with Crippen LogP contribution in [0.2, 0.25) is 5.02 Å². The molecule has 1 fully saturated rings. The van der Waals surface area contributed by atoms with E-state index in [2.05, 4.69) is 10.0 Å². The van der Waals surface area contributed by atoms with Gasteiger partial charge in [0.05, 0.1) is 21.6 Å². The molecule has 1 heterocycles. The molecule has 0 saturated carbocycles. The van der Waals surface area contributed by atoms with Crippen LogP contribution in [-0.2, 0) is 14.8 Å². The van der Waals surface area contributed by atoms with Crippen LogP contribution >= 0.6 is 11.6 Å². The Balaban J connectivity index is 2.14. The summed E-state index contributed by atoms with van der Waals surface area (Å²) >= 11 is 5.97.